The first kappa shape index (κ1) is 24.4. The molecule has 0 spiro atoms. The highest BCUT2D eigenvalue weighted by Gasteiger charge is 2.51. The van der Waals surface area contributed by atoms with Gasteiger partial charge in [-0.2, -0.15) is 4.31 Å². The van der Waals surface area contributed by atoms with E-state index in [1.165, 1.54) is 39.7 Å². The van der Waals surface area contributed by atoms with E-state index in [2.05, 4.69) is 30.3 Å². The average molecular weight is 505 g/mol. The first-order valence-electron chi connectivity index (χ1n) is 11.9. The predicted molar refractivity (Wildman–Crippen MR) is 137 cm³/mol. The Kier molecular flexibility index (Phi) is 6.28. The van der Waals surface area contributed by atoms with Gasteiger partial charge < -0.3 is 4.74 Å². The molecule has 0 N–H and O–H groups in total. The van der Waals surface area contributed by atoms with Crippen LogP contribution >= 0.6 is 0 Å². The molecule has 7 nitrogen and oxygen atoms in total. The van der Waals surface area contributed by atoms with E-state index in [4.69, 9.17) is 4.74 Å². The highest BCUT2D eigenvalue weighted by Crippen LogP contribution is 2.61. The molecule has 2 fully saturated rings. The van der Waals surface area contributed by atoms with Gasteiger partial charge in [0, 0.05) is 12.1 Å². The van der Waals surface area contributed by atoms with Gasteiger partial charge in [-0.05, 0) is 54.9 Å². The van der Waals surface area contributed by atoms with Gasteiger partial charge in [0.1, 0.15) is 5.72 Å². The maximum Gasteiger partial charge on any atom is 0.269 e. The first-order chi connectivity index (χ1) is 17.2. The van der Waals surface area contributed by atoms with E-state index in [-0.39, 0.29) is 23.1 Å². The molecule has 1 saturated heterocycles. The molecular weight excluding hydrogens is 476 g/mol. The molecule has 0 radical (unpaired) electrons. The number of nitrogens with zero attached hydrogens (tertiary/aromatic N) is 2. The molecule has 8 heteroatoms. The summed E-state index contributed by atoms with van der Waals surface area (Å²) in [5.74, 6) is 0.877. The fourth-order valence-corrected chi connectivity index (χ4v) is 7.14. The summed E-state index contributed by atoms with van der Waals surface area (Å²) in [6.07, 6.45) is 4.07. The van der Waals surface area contributed by atoms with Crippen molar-refractivity contribution in [1.29, 1.82) is 0 Å². The lowest BCUT2D eigenvalue weighted by atomic mass is 10.0. The summed E-state index contributed by atoms with van der Waals surface area (Å²) in [5, 5.41) is 11.0. The van der Waals surface area contributed by atoms with Gasteiger partial charge in [0.2, 0.25) is 10.0 Å². The van der Waals surface area contributed by atoms with Gasteiger partial charge in [0.05, 0.1) is 22.5 Å². The molecule has 0 aromatic heterocycles. The predicted octanol–water partition coefficient (Wildman–Crippen LogP) is 5.47. The quantitative estimate of drug-likeness (QED) is 0.242. The Balaban J connectivity index is 1.43. The van der Waals surface area contributed by atoms with Gasteiger partial charge in [0.25, 0.3) is 5.69 Å². The van der Waals surface area contributed by atoms with E-state index >= 15 is 0 Å². The summed E-state index contributed by atoms with van der Waals surface area (Å²) >= 11 is 0. The Labute approximate surface area is 211 Å². The topological polar surface area (TPSA) is 89.8 Å². The second-order valence-electron chi connectivity index (χ2n) is 9.71. The van der Waals surface area contributed by atoms with Crippen molar-refractivity contribution >= 4 is 15.7 Å². The van der Waals surface area contributed by atoms with Crippen LogP contribution in [0.15, 0.2) is 102 Å². The molecule has 4 atom stereocenters. The second kappa shape index (κ2) is 9.28. The minimum Gasteiger partial charge on any atom is -0.358 e. The van der Waals surface area contributed by atoms with Crippen molar-refractivity contribution in [1.82, 2.24) is 4.31 Å². The van der Waals surface area contributed by atoms with Gasteiger partial charge >= 0.3 is 0 Å². The van der Waals surface area contributed by atoms with Crippen molar-refractivity contribution in [2.45, 2.75) is 42.3 Å². The number of nitro benzene ring substituents is 1. The van der Waals surface area contributed by atoms with Crippen molar-refractivity contribution < 1.29 is 18.1 Å². The molecule has 5 rings (SSSR count). The number of allylic oxidation sites excluding steroid dienone is 1. The normalized spacial score (nSPS) is 25.7. The third-order valence-corrected chi connectivity index (χ3v) is 9.14. The molecule has 0 bridgehead atoms. The number of hydrogen-bond acceptors (Lipinski definition) is 5. The molecule has 186 valence electrons. The van der Waals surface area contributed by atoms with E-state index in [1.807, 2.05) is 42.5 Å². The zero-order valence-corrected chi connectivity index (χ0v) is 20.9. The molecule has 1 aliphatic heterocycles. The third-order valence-electron chi connectivity index (χ3n) is 7.04. The summed E-state index contributed by atoms with van der Waals surface area (Å²) in [4.78, 5) is 10.5. The molecule has 1 aliphatic carbocycles. The van der Waals surface area contributed by atoms with E-state index < -0.39 is 26.7 Å². The Bertz CT molecular complexity index is 1330. The fraction of sp³-hybridized carbons (Fsp3) is 0.286. The van der Waals surface area contributed by atoms with Gasteiger partial charge in [-0.3, -0.25) is 10.1 Å². The van der Waals surface area contributed by atoms with Crippen molar-refractivity contribution in [2.75, 3.05) is 6.61 Å². The smallest absolute Gasteiger partial charge is 0.269 e. The van der Waals surface area contributed by atoms with Crippen LogP contribution in [0.2, 0.25) is 0 Å². The van der Waals surface area contributed by atoms with E-state index in [9.17, 15) is 18.5 Å². The van der Waals surface area contributed by atoms with Crippen LogP contribution < -0.4 is 0 Å². The van der Waals surface area contributed by atoms with Gasteiger partial charge in [0.15, 0.2) is 0 Å². The summed E-state index contributed by atoms with van der Waals surface area (Å²) in [5.41, 5.74) is 1.31. The molecule has 2 aliphatic rings. The van der Waals surface area contributed by atoms with Crippen LogP contribution in [0.4, 0.5) is 5.69 Å². The van der Waals surface area contributed by atoms with Crippen molar-refractivity contribution in [3.8, 4) is 0 Å². The highest BCUT2D eigenvalue weighted by molar-refractivity contribution is 7.89. The molecule has 1 unspecified atom stereocenters. The number of hydrogen-bond donors (Lipinski definition) is 0. The number of rotatable bonds is 7. The van der Waals surface area contributed by atoms with Crippen LogP contribution in [-0.4, -0.2) is 36.0 Å². The Morgan fingerprint density at radius 1 is 0.889 bits per heavy atom. The van der Waals surface area contributed by atoms with Crippen molar-refractivity contribution in [3.05, 3.63) is 118 Å². The largest absolute Gasteiger partial charge is 0.358 e. The Morgan fingerprint density at radius 3 is 1.92 bits per heavy atom. The zero-order valence-electron chi connectivity index (χ0n) is 20.1. The number of sulfonamides is 1. The molecule has 36 heavy (non-hydrogen) atoms. The highest BCUT2D eigenvalue weighted by atomic mass is 32.2. The number of nitro groups is 1. The molecule has 1 saturated carbocycles. The van der Waals surface area contributed by atoms with Gasteiger partial charge in [-0.25, -0.2) is 8.42 Å². The monoisotopic (exact) mass is 504 g/mol. The first-order valence-corrected chi connectivity index (χ1v) is 13.4. The fourth-order valence-electron chi connectivity index (χ4n) is 5.31. The second-order valence-corrected chi connectivity index (χ2v) is 11.5. The van der Waals surface area contributed by atoms with Crippen LogP contribution in [0.5, 0.6) is 0 Å². The van der Waals surface area contributed by atoms with Crippen molar-refractivity contribution in [2.24, 2.45) is 5.92 Å². The van der Waals surface area contributed by atoms with Gasteiger partial charge in [-0.15, -0.1) is 0 Å². The number of ether oxygens (including phenoxy) is 1. The minimum atomic E-state index is -3.96. The maximum atomic E-state index is 13.6. The van der Waals surface area contributed by atoms with Crippen LogP contribution in [-0.2, 0) is 14.8 Å². The van der Waals surface area contributed by atoms with Crippen LogP contribution in [0.1, 0.15) is 36.8 Å². The lowest BCUT2D eigenvalue weighted by molar-refractivity contribution is -0.384. The van der Waals surface area contributed by atoms with Crippen LogP contribution in [0.3, 0.4) is 0 Å². The molecule has 3 aromatic carbocycles. The summed E-state index contributed by atoms with van der Waals surface area (Å²) in [7, 11) is -3.96. The molecule has 1 heterocycles. The average Bonchev–Trinajstić information content (AvgIpc) is 3.51. The number of non-ortho nitro benzene ring substituents is 1. The molecule has 3 aromatic rings. The summed E-state index contributed by atoms with van der Waals surface area (Å²) in [6, 6.07) is 25.2. The third kappa shape index (κ3) is 4.48. The van der Waals surface area contributed by atoms with Crippen LogP contribution in [0.25, 0.3) is 0 Å². The standard InChI is InChI=1S/C28H28N2O5S/c1-28(2)29(36(33,34)24-16-13-22(14-17-24)30(31)32)23(19-35-28)15-18-25-26(20-9-5-3-6-10-20)27(25)21-11-7-4-8-12-21/h3-18,23,25-27H,19H2,1-2H3/b18-15+/t23-,25?,26-,27+/m1/s1. The number of benzene rings is 3. The van der Waals surface area contributed by atoms with Gasteiger partial charge in [-0.1, -0.05) is 72.8 Å². The lowest BCUT2D eigenvalue weighted by Gasteiger charge is -2.31. The zero-order chi connectivity index (χ0) is 25.5. The van der Waals surface area contributed by atoms with E-state index in [0.717, 1.165) is 0 Å². The van der Waals surface area contributed by atoms with E-state index in [1.54, 1.807) is 13.8 Å². The lowest BCUT2D eigenvalue weighted by Crippen LogP contribution is -2.47. The summed E-state index contributed by atoms with van der Waals surface area (Å²) < 4.78 is 34.5. The molecule has 0 amide bonds. The van der Waals surface area contributed by atoms with E-state index in [0.29, 0.717) is 11.8 Å². The van der Waals surface area contributed by atoms with Crippen LogP contribution in [0, 0.1) is 16.0 Å². The maximum absolute atomic E-state index is 13.6. The summed E-state index contributed by atoms with van der Waals surface area (Å²) in [6.45, 7) is 3.68. The van der Waals surface area contributed by atoms with Crippen molar-refractivity contribution in [3.63, 3.8) is 0 Å². The Hall–Kier alpha value is -3.33. The molecular formula is C28H28N2O5S. The SMILES string of the molecule is CC1(C)OC[C@@H](/C=C/C2[C@@H](c3ccccc3)[C@H]2c2ccccc2)N1S(=O)(=O)c1ccc([N+](=O)[O-])cc1. The minimum absolute atomic E-state index is 0.000760. The Morgan fingerprint density at radius 2 is 1.42 bits per heavy atom.